The molecule has 2 aromatic heterocycles. The van der Waals surface area contributed by atoms with E-state index in [9.17, 15) is 0 Å². The number of aromatic nitrogens is 2. The van der Waals surface area contributed by atoms with E-state index >= 15 is 0 Å². The highest BCUT2D eigenvalue weighted by Crippen LogP contribution is 2.32. The molecule has 1 aromatic carbocycles. The van der Waals surface area contributed by atoms with Gasteiger partial charge in [-0.05, 0) is 40.5 Å². The predicted molar refractivity (Wildman–Crippen MR) is 87.4 cm³/mol. The normalized spacial score (nSPS) is 11.0. The Balaban J connectivity index is 2.35. The number of hydrogen-bond donors (Lipinski definition) is 0. The van der Waals surface area contributed by atoms with Gasteiger partial charge in [-0.2, -0.15) is 0 Å². The minimum atomic E-state index is 0.875. The number of pyridine rings is 1. The molecule has 0 bridgehead atoms. The van der Waals surface area contributed by atoms with Crippen LogP contribution in [-0.4, -0.2) is 23.5 Å². The Morgan fingerprint density at radius 3 is 2.55 bits per heavy atom. The van der Waals surface area contributed by atoms with Gasteiger partial charge in [0.25, 0.3) is 0 Å². The van der Waals surface area contributed by atoms with E-state index in [1.807, 2.05) is 20.2 Å². The topological polar surface area (TPSA) is 20.5 Å². The van der Waals surface area contributed by atoms with Crippen LogP contribution < -0.4 is 4.90 Å². The predicted octanol–water partition coefficient (Wildman–Crippen LogP) is 4.14. The summed E-state index contributed by atoms with van der Waals surface area (Å²) < 4.78 is 3.02. The minimum absolute atomic E-state index is 0.875. The van der Waals surface area contributed by atoms with E-state index in [1.165, 1.54) is 5.56 Å². The zero-order valence-corrected chi connectivity index (χ0v) is 13.3. The highest BCUT2D eigenvalue weighted by Gasteiger charge is 2.15. The number of rotatable bonds is 2. The van der Waals surface area contributed by atoms with Crippen LogP contribution in [0.4, 0.5) is 5.69 Å². The van der Waals surface area contributed by atoms with E-state index in [4.69, 9.17) is 4.98 Å². The van der Waals surface area contributed by atoms with Gasteiger partial charge >= 0.3 is 0 Å². The van der Waals surface area contributed by atoms with Crippen LogP contribution in [0.5, 0.6) is 0 Å². The lowest BCUT2D eigenvalue weighted by Gasteiger charge is -2.14. The third kappa shape index (κ3) is 2.00. The van der Waals surface area contributed by atoms with Crippen molar-refractivity contribution in [3.05, 3.63) is 52.8 Å². The van der Waals surface area contributed by atoms with E-state index in [0.717, 1.165) is 27.2 Å². The quantitative estimate of drug-likeness (QED) is 0.704. The Kier molecular flexibility index (Phi) is 3.26. The van der Waals surface area contributed by atoms with E-state index in [2.05, 4.69) is 68.7 Å². The molecule has 3 aromatic rings. The Labute approximate surface area is 127 Å². The molecule has 0 aliphatic rings. The number of aryl methyl sites for hydroxylation is 1. The largest absolute Gasteiger partial charge is 0.376 e. The standard InChI is InChI=1S/C16H16BrN3/c1-11-7-4-5-8-12(11)16-18-15(17)14-13(19(2)3)9-6-10-20(14)16/h4-10H,1-3H3. The molecular formula is C16H16BrN3. The van der Waals surface area contributed by atoms with Crippen molar-refractivity contribution < 1.29 is 0 Å². The molecule has 0 atom stereocenters. The van der Waals surface area contributed by atoms with Gasteiger partial charge in [0.05, 0.1) is 5.69 Å². The fourth-order valence-electron chi connectivity index (χ4n) is 2.45. The second kappa shape index (κ2) is 4.94. The third-order valence-corrected chi connectivity index (χ3v) is 4.02. The lowest BCUT2D eigenvalue weighted by molar-refractivity contribution is 1.10. The molecule has 0 unspecified atom stereocenters. The number of anilines is 1. The Bertz CT molecular complexity index is 774. The molecule has 0 fully saturated rings. The number of halogens is 1. The Hall–Kier alpha value is -1.81. The van der Waals surface area contributed by atoms with Crippen molar-refractivity contribution in [3.8, 4) is 11.4 Å². The SMILES string of the molecule is Cc1ccccc1-c1nc(Br)c2c(N(C)C)cccn12. The molecule has 0 aliphatic heterocycles. The summed E-state index contributed by atoms with van der Waals surface area (Å²) in [6.45, 7) is 2.11. The van der Waals surface area contributed by atoms with Crippen molar-refractivity contribution in [1.82, 2.24) is 9.38 Å². The number of nitrogens with zero attached hydrogens (tertiary/aromatic N) is 3. The lowest BCUT2D eigenvalue weighted by Crippen LogP contribution is -2.10. The maximum atomic E-state index is 4.72. The van der Waals surface area contributed by atoms with E-state index in [1.54, 1.807) is 0 Å². The van der Waals surface area contributed by atoms with Gasteiger partial charge in [0.15, 0.2) is 0 Å². The summed E-state index contributed by atoms with van der Waals surface area (Å²) in [5, 5.41) is 0. The molecule has 2 heterocycles. The van der Waals surface area contributed by atoms with E-state index < -0.39 is 0 Å². The van der Waals surface area contributed by atoms with E-state index in [0.29, 0.717) is 0 Å². The van der Waals surface area contributed by atoms with Crippen LogP contribution in [-0.2, 0) is 0 Å². The Morgan fingerprint density at radius 1 is 1.10 bits per heavy atom. The van der Waals surface area contributed by atoms with Crippen LogP contribution in [0.25, 0.3) is 16.9 Å². The van der Waals surface area contributed by atoms with Gasteiger partial charge in [-0.3, -0.25) is 4.40 Å². The second-order valence-electron chi connectivity index (χ2n) is 5.05. The minimum Gasteiger partial charge on any atom is -0.376 e. The molecule has 0 aliphatic carbocycles. The van der Waals surface area contributed by atoms with Gasteiger partial charge in [-0.1, -0.05) is 24.3 Å². The van der Waals surface area contributed by atoms with Gasteiger partial charge < -0.3 is 4.90 Å². The first-order valence-electron chi connectivity index (χ1n) is 6.49. The fourth-order valence-corrected chi connectivity index (χ4v) is 3.02. The molecule has 3 nitrogen and oxygen atoms in total. The molecule has 0 radical (unpaired) electrons. The van der Waals surface area contributed by atoms with Crippen molar-refractivity contribution in [2.45, 2.75) is 6.92 Å². The molecule has 20 heavy (non-hydrogen) atoms. The van der Waals surface area contributed by atoms with Crippen LogP contribution in [0.2, 0.25) is 0 Å². The summed E-state index contributed by atoms with van der Waals surface area (Å²) >= 11 is 3.60. The molecule has 0 saturated heterocycles. The average Bonchev–Trinajstić information content (AvgIpc) is 2.77. The fraction of sp³-hybridized carbons (Fsp3) is 0.188. The summed E-state index contributed by atoms with van der Waals surface area (Å²) in [6.07, 6.45) is 2.06. The number of benzene rings is 1. The zero-order chi connectivity index (χ0) is 14.3. The van der Waals surface area contributed by atoms with Gasteiger partial charge in [0.2, 0.25) is 0 Å². The molecule has 0 saturated carbocycles. The first-order chi connectivity index (χ1) is 9.59. The van der Waals surface area contributed by atoms with Gasteiger partial charge in [-0.25, -0.2) is 4.98 Å². The molecule has 0 N–H and O–H groups in total. The highest BCUT2D eigenvalue weighted by atomic mass is 79.9. The van der Waals surface area contributed by atoms with Crippen molar-refractivity contribution in [2.75, 3.05) is 19.0 Å². The van der Waals surface area contributed by atoms with Crippen molar-refractivity contribution >= 4 is 27.1 Å². The molecule has 0 amide bonds. The van der Waals surface area contributed by atoms with Crippen molar-refractivity contribution in [2.24, 2.45) is 0 Å². The summed E-state index contributed by atoms with van der Waals surface area (Å²) in [7, 11) is 4.09. The summed E-state index contributed by atoms with van der Waals surface area (Å²) in [6, 6.07) is 12.5. The van der Waals surface area contributed by atoms with Crippen LogP contribution in [0.3, 0.4) is 0 Å². The molecule has 4 heteroatoms. The first-order valence-corrected chi connectivity index (χ1v) is 7.29. The first kappa shape index (κ1) is 13.2. The number of fused-ring (bicyclic) bond motifs is 1. The zero-order valence-electron chi connectivity index (χ0n) is 11.8. The maximum Gasteiger partial charge on any atom is 0.146 e. The lowest BCUT2D eigenvalue weighted by atomic mass is 10.1. The molecular weight excluding hydrogens is 314 g/mol. The smallest absolute Gasteiger partial charge is 0.146 e. The monoisotopic (exact) mass is 329 g/mol. The maximum absolute atomic E-state index is 4.72. The average molecular weight is 330 g/mol. The van der Waals surface area contributed by atoms with Gasteiger partial charge in [0.1, 0.15) is 15.9 Å². The van der Waals surface area contributed by atoms with Crippen LogP contribution in [0.1, 0.15) is 5.56 Å². The van der Waals surface area contributed by atoms with Crippen molar-refractivity contribution in [3.63, 3.8) is 0 Å². The highest BCUT2D eigenvalue weighted by molar-refractivity contribution is 9.10. The summed E-state index contributed by atoms with van der Waals surface area (Å²) in [5.41, 5.74) is 4.62. The van der Waals surface area contributed by atoms with Gasteiger partial charge in [0, 0.05) is 25.9 Å². The Morgan fingerprint density at radius 2 is 1.85 bits per heavy atom. The summed E-state index contributed by atoms with van der Waals surface area (Å²) in [5.74, 6) is 0.966. The summed E-state index contributed by atoms with van der Waals surface area (Å²) in [4.78, 5) is 6.82. The molecule has 102 valence electrons. The van der Waals surface area contributed by atoms with Gasteiger partial charge in [-0.15, -0.1) is 0 Å². The van der Waals surface area contributed by atoms with E-state index in [-0.39, 0.29) is 0 Å². The number of imidazole rings is 1. The molecule has 3 rings (SSSR count). The molecule has 0 spiro atoms. The van der Waals surface area contributed by atoms with Crippen molar-refractivity contribution in [1.29, 1.82) is 0 Å². The second-order valence-corrected chi connectivity index (χ2v) is 5.80. The van der Waals surface area contributed by atoms with Crippen LogP contribution in [0, 0.1) is 6.92 Å². The van der Waals surface area contributed by atoms with Crippen LogP contribution >= 0.6 is 15.9 Å². The van der Waals surface area contributed by atoms with Crippen LogP contribution in [0.15, 0.2) is 47.2 Å². The number of hydrogen-bond acceptors (Lipinski definition) is 2. The third-order valence-electron chi connectivity index (χ3n) is 3.47.